The van der Waals surface area contributed by atoms with Crippen molar-refractivity contribution in [2.45, 2.75) is 31.8 Å². The number of imide groups is 1. The van der Waals surface area contributed by atoms with Crippen molar-refractivity contribution in [3.63, 3.8) is 0 Å². The van der Waals surface area contributed by atoms with E-state index in [1.54, 1.807) is 4.90 Å². The molecular formula is C28H30N4O3. The van der Waals surface area contributed by atoms with E-state index in [2.05, 4.69) is 10.9 Å². The summed E-state index contributed by atoms with van der Waals surface area (Å²) in [4.78, 5) is 36.3. The third-order valence-corrected chi connectivity index (χ3v) is 7.13. The van der Waals surface area contributed by atoms with E-state index in [9.17, 15) is 9.59 Å². The van der Waals surface area contributed by atoms with E-state index in [1.165, 1.54) is 4.90 Å². The summed E-state index contributed by atoms with van der Waals surface area (Å²) in [5, 5.41) is 1.03. The van der Waals surface area contributed by atoms with Crippen LogP contribution in [0.1, 0.15) is 36.7 Å². The minimum atomic E-state index is -0.994. The number of carbonyl (C=O) groups excluding carboxylic acids is 2. The zero-order valence-corrected chi connectivity index (χ0v) is 20.4. The molecule has 180 valence electrons. The first kappa shape index (κ1) is 23.0. The number of aromatic nitrogens is 1. The number of ether oxygens (including phenoxy) is 1. The van der Waals surface area contributed by atoms with Gasteiger partial charge in [0.15, 0.2) is 0 Å². The smallest absolute Gasteiger partial charge is 0.328 e. The summed E-state index contributed by atoms with van der Waals surface area (Å²) >= 11 is 0. The first-order valence-corrected chi connectivity index (χ1v) is 12.0. The van der Waals surface area contributed by atoms with Crippen LogP contribution in [0.25, 0.3) is 10.9 Å². The molecule has 3 amide bonds. The van der Waals surface area contributed by atoms with Gasteiger partial charge in [0.25, 0.3) is 5.91 Å². The number of H-pyrrole nitrogens is 1. The molecule has 0 saturated carbocycles. The van der Waals surface area contributed by atoms with Crippen LogP contribution in [0.5, 0.6) is 5.75 Å². The third-order valence-electron chi connectivity index (χ3n) is 7.13. The largest absolute Gasteiger partial charge is 0.494 e. The van der Waals surface area contributed by atoms with E-state index < -0.39 is 11.6 Å². The summed E-state index contributed by atoms with van der Waals surface area (Å²) in [6, 6.07) is 15.2. The number of benzene rings is 2. The predicted molar refractivity (Wildman–Crippen MR) is 135 cm³/mol. The number of aromatic amines is 1. The summed E-state index contributed by atoms with van der Waals surface area (Å²) in [7, 11) is 1.89. The number of likely N-dealkylation sites (N-methyl/N-ethyl adjacent to an activating group) is 1. The first-order chi connectivity index (χ1) is 16.9. The molecule has 7 heteroatoms. The molecule has 2 aliphatic heterocycles. The van der Waals surface area contributed by atoms with Crippen molar-refractivity contribution in [2.75, 3.05) is 33.3 Å². The van der Waals surface area contributed by atoms with Gasteiger partial charge in [0.2, 0.25) is 0 Å². The molecule has 1 saturated heterocycles. The SMILES string of the molecule is C#CCN(C)CCN1C(=O)N2[C@H](c3ccccc3)c3[nH]c4ccc(OCC)cc4c3C[C@@]2(C)C1=O. The number of carbonyl (C=O) groups is 2. The Labute approximate surface area is 205 Å². The van der Waals surface area contributed by atoms with Gasteiger partial charge in [-0.2, -0.15) is 0 Å². The van der Waals surface area contributed by atoms with E-state index in [1.807, 2.05) is 74.3 Å². The average Bonchev–Trinajstić information content (AvgIpc) is 3.29. The van der Waals surface area contributed by atoms with E-state index >= 15 is 0 Å². The Morgan fingerprint density at radius 3 is 2.71 bits per heavy atom. The molecule has 2 atom stereocenters. The van der Waals surface area contributed by atoms with Crippen LogP contribution in [0.2, 0.25) is 0 Å². The monoisotopic (exact) mass is 470 g/mol. The molecule has 0 unspecified atom stereocenters. The molecule has 0 aliphatic carbocycles. The fraction of sp³-hybridized carbons (Fsp3) is 0.357. The van der Waals surface area contributed by atoms with Crippen LogP contribution in [-0.2, 0) is 11.2 Å². The number of hydrogen-bond donors (Lipinski definition) is 1. The lowest BCUT2D eigenvalue weighted by Crippen LogP contribution is -2.53. The Morgan fingerprint density at radius 1 is 1.23 bits per heavy atom. The van der Waals surface area contributed by atoms with E-state index in [0.29, 0.717) is 32.7 Å². The summed E-state index contributed by atoms with van der Waals surface area (Å²) < 4.78 is 5.75. The fourth-order valence-electron chi connectivity index (χ4n) is 5.43. The molecule has 1 fully saturated rings. The molecule has 0 bridgehead atoms. The highest BCUT2D eigenvalue weighted by Gasteiger charge is 2.60. The minimum absolute atomic E-state index is 0.168. The lowest BCUT2D eigenvalue weighted by Gasteiger charge is -2.42. The number of urea groups is 1. The lowest BCUT2D eigenvalue weighted by molar-refractivity contribution is -0.133. The normalized spacial score (nSPS) is 21.4. The minimum Gasteiger partial charge on any atom is -0.494 e. The molecule has 2 aliphatic rings. The number of rotatable bonds is 7. The second-order valence-corrected chi connectivity index (χ2v) is 9.47. The van der Waals surface area contributed by atoms with Crippen LogP contribution >= 0.6 is 0 Å². The van der Waals surface area contributed by atoms with Gasteiger partial charge in [-0.1, -0.05) is 36.3 Å². The van der Waals surface area contributed by atoms with Crippen LogP contribution < -0.4 is 4.74 Å². The van der Waals surface area contributed by atoms with Gasteiger partial charge in [-0.3, -0.25) is 19.5 Å². The summed E-state index contributed by atoms with van der Waals surface area (Å²) in [5.74, 6) is 3.22. The van der Waals surface area contributed by atoms with Crippen molar-refractivity contribution in [3.05, 3.63) is 65.4 Å². The molecule has 5 rings (SSSR count). The Hall–Kier alpha value is -3.76. The third kappa shape index (κ3) is 3.65. The van der Waals surface area contributed by atoms with E-state index in [0.717, 1.165) is 33.5 Å². The van der Waals surface area contributed by atoms with Gasteiger partial charge in [-0.25, -0.2) is 4.79 Å². The summed E-state index contributed by atoms with van der Waals surface area (Å²) in [6.07, 6.45) is 5.85. The summed E-state index contributed by atoms with van der Waals surface area (Å²) in [6.45, 7) is 5.71. The van der Waals surface area contributed by atoms with Crippen LogP contribution in [0.15, 0.2) is 48.5 Å². The zero-order valence-electron chi connectivity index (χ0n) is 20.4. The van der Waals surface area contributed by atoms with Crippen molar-refractivity contribution >= 4 is 22.8 Å². The number of terminal acetylenes is 1. The Morgan fingerprint density at radius 2 is 2.00 bits per heavy atom. The summed E-state index contributed by atoms with van der Waals surface area (Å²) in [5.41, 5.74) is 2.94. The van der Waals surface area contributed by atoms with E-state index in [-0.39, 0.29) is 11.9 Å². The Bertz CT molecular complexity index is 1330. The molecule has 7 nitrogen and oxygen atoms in total. The van der Waals surface area contributed by atoms with Crippen molar-refractivity contribution < 1.29 is 14.3 Å². The standard InChI is InChI=1S/C28H30N4O3/c1-5-14-30(4)15-16-31-26(33)28(3)18-22-21-17-20(35-6-2)12-13-23(21)29-24(22)25(32(28)27(31)34)19-10-8-7-9-11-19/h1,7-13,17,25,29H,6,14-16,18H2,2-4H3/t25-,28+/m1/s1. The molecule has 1 aromatic heterocycles. The van der Waals surface area contributed by atoms with E-state index in [4.69, 9.17) is 11.2 Å². The molecule has 2 aromatic carbocycles. The van der Waals surface area contributed by atoms with Crippen molar-refractivity contribution in [1.29, 1.82) is 0 Å². The second kappa shape index (κ2) is 8.79. The highest BCUT2D eigenvalue weighted by atomic mass is 16.5. The van der Waals surface area contributed by atoms with Gasteiger partial charge in [0.05, 0.1) is 13.2 Å². The van der Waals surface area contributed by atoms with Gasteiger partial charge >= 0.3 is 6.03 Å². The zero-order chi connectivity index (χ0) is 24.7. The average molecular weight is 471 g/mol. The molecule has 1 N–H and O–H groups in total. The second-order valence-electron chi connectivity index (χ2n) is 9.47. The number of nitrogens with zero attached hydrogens (tertiary/aromatic N) is 3. The molecule has 0 spiro atoms. The molecule has 3 aromatic rings. The Balaban J connectivity index is 1.62. The number of nitrogens with one attached hydrogen (secondary N) is 1. The topological polar surface area (TPSA) is 68.9 Å². The van der Waals surface area contributed by atoms with Crippen molar-refractivity contribution in [3.8, 4) is 18.1 Å². The molecule has 3 heterocycles. The van der Waals surface area contributed by atoms with Gasteiger partial charge in [0, 0.05) is 36.1 Å². The highest BCUT2D eigenvalue weighted by Crippen LogP contribution is 2.48. The maximum atomic E-state index is 13.8. The molecule has 35 heavy (non-hydrogen) atoms. The van der Waals surface area contributed by atoms with Gasteiger partial charge in [-0.15, -0.1) is 6.42 Å². The first-order valence-electron chi connectivity index (χ1n) is 12.0. The van der Waals surface area contributed by atoms with Crippen molar-refractivity contribution in [1.82, 2.24) is 19.7 Å². The Kier molecular flexibility index (Phi) is 5.78. The highest BCUT2D eigenvalue weighted by molar-refractivity contribution is 6.08. The van der Waals surface area contributed by atoms with Crippen molar-refractivity contribution in [2.24, 2.45) is 0 Å². The number of amides is 3. The number of fused-ring (bicyclic) bond motifs is 4. The fourth-order valence-corrected chi connectivity index (χ4v) is 5.43. The predicted octanol–water partition coefficient (Wildman–Crippen LogP) is 3.80. The van der Waals surface area contributed by atoms with Gasteiger partial charge in [-0.05, 0) is 50.2 Å². The maximum absolute atomic E-state index is 13.8. The van der Waals surface area contributed by atoms with Crippen LogP contribution in [0.4, 0.5) is 4.79 Å². The van der Waals surface area contributed by atoms with Gasteiger partial charge in [0.1, 0.15) is 17.3 Å². The number of hydrogen-bond acceptors (Lipinski definition) is 4. The van der Waals surface area contributed by atoms with Crippen LogP contribution in [0, 0.1) is 12.3 Å². The quantitative estimate of drug-likeness (QED) is 0.421. The molecule has 0 radical (unpaired) electrons. The van der Waals surface area contributed by atoms with Crippen LogP contribution in [-0.4, -0.2) is 70.4 Å². The maximum Gasteiger partial charge on any atom is 0.328 e. The lowest BCUT2D eigenvalue weighted by atomic mass is 9.81. The molecular weight excluding hydrogens is 440 g/mol. The van der Waals surface area contributed by atoms with Crippen LogP contribution in [0.3, 0.4) is 0 Å². The van der Waals surface area contributed by atoms with Gasteiger partial charge < -0.3 is 9.72 Å².